The highest BCUT2D eigenvalue weighted by Gasteiger charge is 2.24. The number of aryl methyl sites for hydroxylation is 1. The molecule has 0 aliphatic carbocycles. The number of amides is 2. The third-order valence-corrected chi connectivity index (χ3v) is 4.41. The second-order valence-electron chi connectivity index (χ2n) is 7.32. The molecule has 150 valence electrons. The molecule has 2 aromatic carbocycles. The molecule has 0 radical (unpaired) electrons. The molecule has 1 aromatic heterocycles. The van der Waals surface area contributed by atoms with Gasteiger partial charge in [-0.3, -0.25) is 9.59 Å². The lowest BCUT2D eigenvalue weighted by atomic mass is 10.0. The smallest absolute Gasteiger partial charge is 0.274 e. The van der Waals surface area contributed by atoms with Crippen LogP contribution < -0.4 is 10.6 Å². The van der Waals surface area contributed by atoms with E-state index in [9.17, 15) is 9.59 Å². The van der Waals surface area contributed by atoms with Gasteiger partial charge in [-0.2, -0.15) is 0 Å². The molecule has 29 heavy (non-hydrogen) atoms. The molecular weight excluding hydrogens is 366 g/mol. The van der Waals surface area contributed by atoms with Gasteiger partial charge in [-0.15, -0.1) is 0 Å². The topological polar surface area (TPSA) is 84.2 Å². The second kappa shape index (κ2) is 9.19. The quantitative estimate of drug-likeness (QED) is 0.645. The summed E-state index contributed by atoms with van der Waals surface area (Å²) in [4.78, 5) is 25.3. The highest BCUT2D eigenvalue weighted by Crippen LogP contribution is 2.20. The van der Waals surface area contributed by atoms with Gasteiger partial charge >= 0.3 is 0 Å². The van der Waals surface area contributed by atoms with Crippen molar-refractivity contribution in [2.75, 3.05) is 0 Å². The van der Waals surface area contributed by atoms with Crippen molar-refractivity contribution in [2.45, 2.75) is 39.3 Å². The van der Waals surface area contributed by atoms with E-state index in [1.807, 2.05) is 75.4 Å². The number of nitrogens with zero attached hydrogens (tertiary/aromatic N) is 1. The van der Waals surface area contributed by atoms with Crippen LogP contribution in [0.15, 0.2) is 65.2 Å². The molecule has 1 heterocycles. The van der Waals surface area contributed by atoms with E-state index in [1.54, 1.807) is 6.07 Å². The van der Waals surface area contributed by atoms with Crippen LogP contribution in [0.4, 0.5) is 0 Å². The molecule has 0 fully saturated rings. The van der Waals surface area contributed by atoms with Gasteiger partial charge in [0.15, 0.2) is 11.5 Å². The van der Waals surface area contributed by atoms with Crippen molar-refractivity contribution >= 4 is 11.8 Å². The summed E-state index contributed by atoms with van der Waals surface area (Å²) in [7, 11) is 0. The molecule has 0 saturated carbocycles. The molecule has 6 nitrogen and oxygen atoms in total. The molecule has 0 saturated heterocycles. The Hall–Kier alpha value is -3.41. The highest BCUT2D eigenvalue weighted by atomic mass is 16.5. The van der Waals surface area contributed by atoms with Gasteiger partial charge in [0.2, 0.25) is 5.91 Å². The van der Waals surface area contributed by atoms with Crippen LogP contribution in [0.1, 0.15) is 35.5 Å². The highest BCUT2D eigenvalue weighted by molar-refractivity contribution is 5.96. The fraction of sp³-hybridized carbons (Fsp3) is 0.261. The van der Waals surface area contributed by atoms with Crippen LogP contribution >= 0.6 is 0 Å². The number of aromatic nitrogens is 1. The summed E-state index contributed by atoms with van der Waals surface area (Å²) in [5.74, 6) is -0.187. The number of hydrogen-bond donors (Lipinski definition) is 2. The largest absolute Gasteiger partial charge is 0.355 e. The lowest BCUT2D eigenvalue weighted by molar-refractivity contribution is -0.123. The maximum atomic E-state index is 12.7. The number of benzene rings is 2. The summed E-state index contributed by atoms with van der Waals surface area (Å²) in [5.41, 5.74) is 3.06. The minimum Gasteiger partial charge on any atom is -0.355 e. The van der Waals surface area contributed by atoms with E-state index in [4.69, 9.17) is 4.52 Å². The molecule has 0 spiro atoms. The van der Waals surface area contributed by atoms with E-state index in [-0.39, 0.29) is 17.6 Å². The van der Waals surface area contributed by atoms with Gasteiger partial charge in [-0.25, -0.2) is 0 Å². The first-order valence-corrected chi connectivity index (χ1v) is 9.61. The van der Waals surface area contributed by atoms with Crippen molar-refractivity contribution < 1.29 is 14.1 Å². The normalized spacial score (nSPS) is 11.9. The Kier molecular flexibility index (Phi) is 6.44. The van der Waals surface area contributed by atoms with Crippen LogP contribution in [0, 0.1) is 6.92 Å². The first-order valence-electron chi connectivity index (χ1n) is 9.61. The summed E-state index contributed by atoms with van der Waals surface area (Å²) in [6.45, 7) is 5.76. The summed E-state index contributed by atoms with van der Waals surface area (Å²) in [6.07, 6.45) is 0.383. The van der Waals surface area contributed by atoms with E-state index in [1.165, 1.54) is 0 Å². The SMILES string of the molecule is Cc1ccc(-c2cc(C(=O)N[C@@H](Cc3ccccc3)C(=O)NC(C)C)no2)cc1. The summed E-state index contributed by atoms with van der Waals surface area (Å²) in [5, 5.41) is 9.52. The van der Waals surface area contributed by atoms with Crippen molar-refractivity contribution in [1.29, 1.82) is 0 Å². The third kappa shape index (κ3) is 5.54. The molecule has 0 bridgehead atoms. The van der Waals surface area contributed by atoms with Crippen LogP contribution in [0.5, 0.6) is 0 Å². The van der Waals surface area contributed by atoms with E-state index >= 15 is 0 Å². The Balaban J connectivity index is 1.75. The number of hydrogen-bond acceptors (Lipinski definition) is 4. The average molecular weight is 391 g/mol. The van der Waals surface area contributed by atoms with E-state index in [0.29, 0.717) is 12.2 Å². The van der Waals surface area contributed by atoms with Gasteiger partial charge in [-0.1, -0.05) is 65.3 Å². The van der Waals surface area contributed by atoms with Gasteiger partial charge in [-0.05, 0) is 26.3 Å². The number of carbonyl (C=O) groups excluding carboxylic acids is 2. The Morgan fingerprint density at radius 3 is 2.34 bits per heavy atom. The molecule has 3 rings (SSSR count). The minimum absolute atomic E-state index is 0.0298. The Labute approximate surface area is 170 Å². The molecular formula is C23H25N3O3. The maximum absolute atomic E-state index is 12.7. The first-order chi connectivity index (χ1) is 13.9. The van der Waals surface area contributed by atoms with Crippen LogP contribution in [-0.4, -0.2) is 29.1 Å². The zero-order chi connectivity index (χ0) is 20.8. The summed E-state index contributed by atoms with van der Waals surface area (Å²) < 4.78 is 5.33. The molecule has 3 aromatic rings. The molecule has 0 aliphatic heterocycles. The zero-order valence-electron chi connectivity index (χ0n) is 16.8. The van der Waals surface area contributed by atoms with Crippen LogP contribution in [0.2, 0.25) is 0 Å². The standard InChI is InChI=1S/C23H25N3O3/c1-15(2)24-22(27)19(13-17-7-5-4-6-8-17)25-23(28)20-14-21(29-26-20)18-11-9-16(3)10-12-18/h4-12,14-15,19H,13H2,1-3H3,(H,24,27)(H,25,28)/t19-/m0/s1. The zero-order valence-corrected chi connectivity index (χ0v) is 16.8. The Morgan fingerprint density at radius 1 is 1.00 bits per heavy atom. The first kappa shape index (κ1) is 20.3. The molecule has 2 N–H and O–H groups in total. The number of nitrogens with one attached hydrogen (secondary N) is 2. The third-order valence-electron chi connectivity index (χ3n) is 4.41. The Morgan fingerprint density at radius 2 is 1.69 bits per heavy atom. The van der Waals surface area contributed by atoms with E-state index < -0.39 is 11.9 Å². The molecule has 1 atom stereocenters. The predicted molar refractivity (Wildman–Crippen MR) is 111 cm³/mol. The van der Waals surface area contributed by atoms with Crippen molar-refractivity contribution in [3.63, 3.8) is 0 Å². The van der Waals surface area contributed by atoms with E-state index in [0.717, 1.165) is 16.7 Å². The Bertz CT molecular complexity index is 963. The van der Waals surface area contributed by atoms with Gasteiger partial charge in [0.05, 0.1) is 0 Å². The second-order valence-corrected chi connectivity index (χ2v) is 7.32. The van der Waals surface area contributed by atoms with Crippen LogP contribution in [0.3, 0.4) is 0 Å². The van der Waals surface area contributed by atoms with Crippen LogP contribution in [-0.2, 0) is 11.2 Å². The van der Waals surface area contributed by atoms with Gasteiger partial charge in [0.25, 0.3) is 5.91 Å². The predicted octanol–water partition coefficient (Wildman–Crippen LogP) is 3.52. The van der Waals surface area contributed by atoms with Crippen molar-refractivity contribution in [1.82, 2.24) is 15.8 Å². The van der Waals surface area contributed by atoms with Crippen molar-refractivity contribution in [2.24, 2.45) is 0 Å². The monoisotopic (exact) mass is 391 g/mol. The van der Waals surface area contributed by atoms with Crippen molar-refractivity contribution in [3.05, 3.63) is 77.5 Å². The molecule has 2 amide bonds. The number of rotatable bonds is 7. The maximum Gasteiger partial charge on any atom is 0.274 e. The molecule has 0 aliphatic rings. The fourth-order valence-corrected chi connectivity index (χ4v) is 2.91. The summed E-state index contributed by atoms with van der Waals surface area (Å²) in [6, 6.07) is 18.1. The van der Waals surface area contributed by atoms with Crippen LogP contribution in [0.25, 0.3) is 11.3 Å². The molecule has 0 unspecified atom stereocenters. The molecule has 6 heteroatoms. The summed E-state index contributed by atoms with van der Waals surface area (Å²) >= 11 is 0. The number of carbonyl (C=O) groups is 2. The van der Waals surface area contributed by atoms with Gasteiger partial charge < -0.3 is 15.2 Å². The minimum atomic E-state index is -0.716. The van der Waals surface area contributed by atoms with Gasteiger partial charge in [0, 0.05) is 24.1 Å². The average Bonchev–Trinajstić information content (AvgIpc) is 3.18. The fourth-order valence-electron chi connectivity index (χ4n) is 2.91. The van der Waals surface area contributed by atoms with Gasteiger partial charge in [0.1, 0.15) is 6.04 Å². The lowest BCUT2D eigenvalue weighted by Gasteiger charge is -2.19. The lowest BCUT2D eigenvalue weighted by Crippen LogP contribution is -2.49. The van der Waals surface area contributed by atoms with E-state index in [2.05, 4.69) is 15.8 Å². The van der Waals surface area contributed by atoms with Crippen molar-refractivity contribution in [3.8, 4) is 11.3 Å².